The number of hydrogen-bond donors (Lipinski definition) is 1. The molecule has 0 radical (unpaired) electrons. The van der Waals surface area contributed by atoms with E-state index in [9.17, 15) is 0 Å². The van der Waals surface area contributed by atoms with Crippen molar-refractivity contribution in [3.63, 3.8) is 0 Å². The quantitative estimate of drug-likeness (QED) is 0.800. The molecule has 0 spiro atoms. The molecule has 2 fully saturated rings. The van der Waals surface area contributed by atoms with Gasteiger partial charge in [0.25, 0.3) is 0 Å². The molecule has 2 nitrogen and oxygen atoms in total. The van der Waals surface area contributed by atoms with E-state index in [1.54, 1.807) is 0 Å². The topological polar surface area (TPSA) is 15.3 Å². The SMILES string of the molecule is CCC1(C)CN(C2CCSCC2)CCCN1. The molecule has 94 valence electrons. The zero-order valence-corrected chi connectivity index (χ0v) is 11.6. The Bertz CT molecular complexity index is 216. The fourth-order valence-electron chi connectivity index (χ4n) is 2.85. The summed E-state index contributed by atoms with van der Waals surface area (Å²) in [5.41, 5.74) is 0.348. The molecule has 0 aliphatic carbocycles. The third-order valence-electron chi connectivity index (χ3n) is 4.21. The van der Waals surface area contributed by atoms with Crippen LogP contribution in [0.25, 0.3) is 0 Å². The standard InChI is InChI=1S/C13H26N2S/c1-3-13(2)11-15(8-4-7-14-13)12-5-9-16-10-6-12/h12,14H,3-11H2,1-2H3. The van der Waals surface area contributed by atoms with Gasteiger partial charge in [-0.05, 0) is 57.2 Å². The number of nitrogens with zero attached hydrogens (tertiary/aromatic N) is 1. The van der Waals surface area contributed by atoms with Gasteiger partial charge in [-0.1, -0.05) is 6.92 Å². The highest BCUT2D eigenvalue weighted by molar-refractivity contribution is 7.99. The molecule has 0 amide bonds. The highest BCUT2D eigenvalue weighted by Crippen LogP contribution is 2.25. The minimum atomic E-state index is 0.348. The van der Waals surface area contributed by atoms with Crippen molar-refractivity contribution in [1.29, 1.82) is 0 Å². The summed E-state index contributed by atoms with van der Waals surface area (Å²) in [7, 11) is 0. The van der Waals surface area contributed by atoms with Crippen LogP contribution in [0.15, 0.2) is 0 Å². The Morgan fingerprint density at radius 3 is 2.81 bits per heavy atom. The summed E-state index contributed by atoms with van der Waals surface area (Å²) >= 11 is 2.13. The average molecular weight is 242 g/mol. The van der Waals surface area contributed by atoms with Gasteiger partial charge in [-0.25, -0.2) is 0 Å². The first-order valence-corrected chi connectivity index (χ1v) is 7.96. The van der Waals surface area contributed by atoms with Crippen molar-refractivity contribution in [2.75, 3.05) is 31.1 Å². The van der Waals surface area contributed by atoms with Gasteiger partial charge in [0.2, 0.25) is 0 Å². The van der Waals surface area contributed by atoms with Gasteiger partial charge in [-0.3, -0.25) is 4.90 Å². The molecule has 3 heteroatoms. The van der Waals surface area contributed by atoms with Crippen molar-refractivity contribution in [3.8, 4) is 0 Å². The lowest BCUT2D eigenvalue weighted by molar-refractivity contribution is 0.151. The molecule has 1 atom stereocenters. The van der Waals surface area contributed by atoms with Crippen LogP contribution >= 0.6 is 11.8 Å². The molecule has 0 aromatic heterocycles. The molecule has 0 saturated carbocycles. The van der Waals surface area contributed by atoms with E-state index < -0.39 is 0 Å². The molecule has 2 saturated heterocycles. The molecule has 2 rings (SSSR count). The smallest absolute Gasteiger partial charge is 0.0277 e. The van der Waals surface area contributed by atoms with Crippen LogP contribution in [-0.4, -0.2) is 47.6 Å². The Balaban J connectivity index is 1.96. The molecule has 16 heavy (non-hydrogen) atoms. The Morgan fingerprint density at radius 1 is 1.38 bits per heavy atom. The Hall–Kier alpha value is 0.270. The summed E-state index contributed by atoms with van der Waals surface area (Å²) in [5.74, 6) is 2.74. The summed E-state index contributed by atoms with van der Waals surface area (Å²) in [6, 6.07) is 0.868. The zero-order valence-electron chi connectivity index (χ0n) is 10.8. The van der Waals surface area contributed by atoms with E-state index in [0.29, 0.717) is 5.54 Å². The monoisotopic (exact) mass is 242 g/mol. The van der Waals surface area contributed by atoms with Crippen molar-refractivity contribution >= 4 is 11.8 Å². The van der Waals surface area contributed by atoms with E-state index in [2.05, 4.69) is 35.8 Å². The first-order valence-electron chi connectivity index (χ1n) is 6.80. The third kappa shape index (κ3) is 3.14. The minimum absolute atomic E-state index is 0.348. The van der Waals surface area contributed by atoms with Crippen LogP contribution in [0.5, 0.6) is 0 Å². The summed E-state index contributed by atoms with van der Waals surface area (Å²) in [6.07, 6.45) is 5.37. The molecular weight excluding hydrogens is 216 g/mol. The number of rotatable bonds is 2. The van der Waals surface area contributed by atoms with Gasteiger partial charge in [0.15, 0.2) is 0 Å². The van der Waals surface area contributed by atoms with Crippen LogP contribution in [0.1, 0.15) is 39.5 Å². The molecule has 0 bridgehead atoms. The molecule has 2 heterocycles. The van der Waals surface area contributed by atoms with Gasteiger partial charge < -0.3 is 5.32 Å². The lowest BCUT2D eigenvalue weighted by Gasteiger charge is -2.38. The minimum Gasteiger partial charge on any atom is -0.310 e. The van der Waals surface area contributed by atoms with E-state index in [1.165, 1.54) is 56.8 Å². The predicted octanol–water partition coefficient (Wildman–Crippen LogP) is 2.35. The molecule has 0 aromatic rings. The van der Waals surface area contributed by atoms with E-state index in [0.717, 1.165) is 6.04 Å². The summed E-state index contributed by atoms with van der Waals surface area (Å²) in [6.45, 7) is 8.45. The highest BCUT2D eigenvalue weighted by atomic mass is 32.2. The molecule has 0 aromatic carbocycles. The van der Waals surface area contributed by atoms with Crippen LogP contribution in [0.4, 0.5) is 0 Å². The highest BCUT2D eigenvalue weighted by Gasteiger charge is 2.31. The zero-order chi connectivity index (χ0) is 11.4. The van der Waals surface area contributed by atoms with E-state index in [-0.39, 0.29) is 0 Å². The first-order chi connectivity index (χ1) is 7.73. The maximum atomic E-state index is 3.73. The van der Waals surface area contributed by atoms with Gasteiger partial charge in [0.05, 0.1) is 0 Å². The molecule has 1 N–H and O–H groups in total. The second-order valence-electron chi connectivity index (χ2n) is 5.51. The number of thioether (sulfide) groups is 1. The van der Waals surface area contributed by atoms with Crippen molar-refractivity contribution in [2.24, 2.45) is 0 Å². The molecular formula is C13H26N2S. The van der Waals surface area contributed by atoms with Crippen molar-refractivity contribution in [1.82, 2.24) is 10.2 Å². The Morgan fingerprint density at radius 2 is 2.12 bits per heavy atom. The Labute approximate surface area is 105 Å². The fourth-order valence-corrected chi connectivity index (χ4v) is 3.94. The lowest BCUT2D eigenvalue weighted by Crippen LogP contribution is -2.51. The second kappa shape index (κ2) is 5.74. The van der Waals surface area contributed by atoms with Crippen molar-refractivity contribution < 1.29 is 0 Å². The largest absolute Gasteiger partial charge is 0.310 e. The van der Waals surface area contributed by atoms with Crippen LogP contribution in [-0.2, 0) is 0 Å². The van der Waals surface area contributed by atoms with E-state index >= 15 is 0 Å². The van der Waals surface area contributed by atoms with Crippen LogP contribution in [0.2, 0.25) is 0 Å². The van der Waals surface area contributed by atoms with Gasteiger partial charge >= 0.3 is 0 Å². The summed E-state index contributed by atoms with van der Waals surface area (Å²) in [5, 5.41) is 3.73. The lowest BCUT2D eigenvalue weighted by atomic mass is 9.97. The second-order valence-corrected chi connectivity index (χ2v) is 6.73. The number of nitrogens with one attached hydrogen (secondary N) is 1. The van der Waals surface area contributed by atoms with Gasteiger partial charge in [-0.15, -0.1) is 0 Å². The molecule has 2 aliphatic heterocycles. The summed E-state index contributed by atoms with van der Waals surface area (Å²) in [4.78, 5) is 2.77. The normalized spacial score (nSPS) is 34.9. The third-order valence-corrected chi connectivity index (χ3v) is 5.26. The maximum absolute atomic E-state index is 3.73. The van der Waals surface area contributed by atoms with Crippen LogP contribution < -0.4 is 5.32 Å². The van der Waals surface area contributed by atoms with Gasteiger partial charge in [0, 0.05) is 18.1 Å². The van der Waals surface area contributed by atoms with E-state index in [4.69, 9.17) is 0 Å². The fraction of sp³-hybridized carbons (Fsp3) is 1.00. The average Bonchev–Trinajstić information content (AvgIpc) is 2.53. The maximum Gasteiger partial charge on any atom is 0.0277 e. The van der Waals surface area contributed by atoms with Gasteiger partial charge in [-0.2, -0.15) is 11.8 Å². The van der Waals surface area contributed by atoms with Crippen molar-refractivity contribution in [2.45, 2.75) is 51.1 Å². The Kier molecular flexibility index (Phi) is 4.57. The van der Waals surface area contributed by atoms with Crippen LogP contribution in [0, 0.1) is 0 Å². The van der Waals surface area contributed by atoms with E-state index in [1.807, 2.05) is 0 Å². The first kappa shape index (κ1) is 12.7. The predicted molar refractivity (Wildman–Crippen MR) is 73.2 cm³/mol. The van der Waals surface area contributed by atoms with Gasteiger partial charge in [0.1, 0.15) is 0 Å². The molecule has 2 aliphatic rings. The number of hydrogen-bond acceptors (Lipinski definition) is 3. The molecule has 1 unspecified atom stereocenters. The summed E-state index contributed by atoms with van der Waals surface area (Å²) < 4.78 is 0. The van der Waals surface area contributed by atoms with Crippen LogP contribution in [0.3, 0.4) is 0 Å². The van der Waals surface area contributed by atoms with Crippen molar-refractivity contribution in [3.05, 3.63) is 0 Å².